The van der Waals surface area contributed by atoms with Crippen molar-refractivity contribution in [3.8, 4) is 0 Å². The monoisotopic (exact) mass is 361 g/mol. The summed E-state index contributed by atoms with van der Waals surface area (Å²) < 4.78 is 1.93. The van der Waals surface area contributed by atoms with Crippen LogP contribution in [0.1, 0.15) is 58.7 Å². The summed E-state index contributed by atoms with van der Waals surface area (Å²) in [5, 5.41) is 14.9. The summed E-state index contributed by atoms with van der Waals surface area (Å²) >= 11 is 0. The Balaban J connectivity index is 0.00000182. The summed E-state index contributed by atoms with van der Waals surface area (Å²) in [7, 11) is 0. The summed E-state index contributed by atoms with van der Waals surface area (Å²) in [5.41, 5.74) is 3.88. The molecule has 0 bridgehead atoms. The van der Waals surface area contributed by atoms with E-state index in [0.717, 1.165) is 44.5 Å². The second-order valence-electron chi connectivity index (χ2n) is 6.71. The third-order valence-electron chi connectivity index (χ3n) is 5.24. The number of nitrogens with zero attached hydrogens (tertiary/aromatic N) is 3. The first-order valence-electron chi connectivity index (χ1n) is 8.75. The van der Waals surface area contributed by atoms with E-state index in [0.29, 0.717) is 11.7 Å². The van der Waals surface area contributed by atoms with E-state index in [9.17, 15) is 4.79 Å². The van der Waals surface area contributed by atoms with Crippen molar-refractivity contribution in [2.24, 2.45) is 0 Å². The van der Waals surface area contributed by atoms with Crippen LogP contribution in [0.5, 0.6) is 0 Å². The van der Waals surface area contributed by atoms with Crippen LogP contribution in [0.25, 0.3) is 0 Å². The summed E-state index contributed by atoms with van der Waals surface area (Å²) in [6, 6.07) is 8.75. The molecule has 0 saturated carbocycles. The van der Waals surface area contributed by atoms with Crippen LogP contribution in [0.2, 0.25) is 0 Å². The molecule has 2 N–H and O–H groups in total. The molecule has 6 nitrogen and oxygen atoms in total. The van der Waals surface area contributed by atoms with Crippen LogP contribution in [-0.4, -0.2) is 34.0 Å². The van der Waals surface area contributed by atoms with Crippen LogP contribution < -0.4 is 10.6 Å². The molecule has 1 aromatic heterocycles. The fourth-order valence-corrected chi connectivity index (χ4v) is 3.88. The van der Waals surface area contributed by atoms with E-state index in [-0.39, 0.29) is 24.4 Å². The SMILES string of the molecule is Cc1c(C(=O)NC2CCc3ccccc32)nnn1C1CCNCC1.Cl. The molecule has 7 heteroatoms. The van der Waals surface area contributed by atoms with Gasteiger partial charge in [0.1, 0.15) is 0 Å². The molecule has 2 aliphatic rings. The van der Waals surface area contributed by atoms with Gasteiger partial charge in [-0.3, -0.25) is 4.79 Å². The highest BCUT2D eigenvalue weighted by Crippen LogP contribution is 2.31. The number of hydrogen-bond donors (Lipinski definition) is 2. The number of amides is 1. The number of aromatic nitrogens is 3. The van der Waals surface area contributed by atoms with Crippen LogP contribution in [0.15, 0.2) is 24.3 Å². The average Bonchev–Trinajstić information content (AvgIpc) is 3.20. The van der Waals surface area contributed by atoms with Gasteiger partial charge in [-0.2, -0.15) is 0 Å². The van der Waals surface area contributed by atoms with Gasteiger partial charge in [-0.15, -0.1) is 17.5 Å². The molecule has 2 heterocycles. The van der Waals surface area contributed by atoms with Crippen LogP contribution in [0, 0.1) is 6.92 Å². The topological polar surface area (TPSA) is 71.8 Å². The molecule has 2 aromatic rings. The van der Waals surface area contributed by atoms with E-state index < -0.39 is 0 Å². The highest BCUT2D eigenvalue weighted by molar-refractivity contribution is 5.93. The number of fused-ring (bicyclic) bond motifs is 1. The van der Waals surface area contributed by atoms with Crippen LogP contribution in [0.3, 0.4) is 0 Å². The molecular formula is C18H24ClN5O. The van der Waals surface area contributed by atoms with Crippen molar-refractivity contribution in [3.63, 3.8) is 0 Å². The molecule has 0 radical (unpaired) electrons. The van der Waals surface area contributed by atoms with Crippen LogP contribution >= 0.6 is 12.4 Å². The molecule has 1 fully saturated rings. The summed E-state index contributed by atoms with van der Waals surface area (Å²) in [5.74, 6) is -0.116. The Labute approximate surface area is 153 Å². The molecule has 1 atom stereocenters. The van der Waals surface area contributed by atoms with Gasteiger partial charge in [-0.1, -0.05) is 29.5 Å². The van der Waals surface area contributed by atoms with Gasteiger partial charge >= 0.3 is 0 Å². The quantitative estimate of drug-likeness (QED) is 0.880. The van der Waals surface area contributed by atoms with Crippen molar-refractivity contribution in [1.82, 2.24) is 25.6 Å². The van der Waals surface area contributed by atoms with E-state index in [2.05, 4.69) is 39.1 Å². The second-order valence-corrected chi connectivity index (χ2v) is 6.71. The van der Waals surface area contributed by atoms with Gasteiger partial charge in [0.15, 0.2) is 5.69 Å². The van der Waals surface area contributed by atoms with Crippen molar-refractivity contribution in [2.45, 2.75) is 44.7 Å². The molecule has 4 rings (SSSR count). The summed E-state index contributed by atoms with van der Waals surface area (Å²) in [6.45, 7) is 3.92. The zero-order valence-electron chi connectivity index (χ0n) is 14.4. The molecule has 1 saturated heterocycles. The number of carbonyl (C=O) groups is 1. The van der Waals surface area contributed by atoms with Gasteiger partial charge in [0, 0.05) is 0 Å². The molecule has 134 valence electrons. The maximum absolute atomic E-state index is 12.7. The van der Waals surface area contributed by atoms with Crippen molar-refractivity contribution >= 4 is 18.3 Å². The van der Waals surface area contributed by atoms with Gasteiger partial charge in [0.25, 0.3) is 5.91 Å². The minimum atomic E-state index is -0.116. The van der Waals surface area contributed by atoms with E-state index in [4.69, 9.17) is 0 Å². The van der Waals surface area contributed by atoms with Gasteiger partial charge in [0.2, 0.25) is 0 Å². The maximum atomic E-state index is 12.7. The van der Waals surface area contributed by atoms with Crippen molar-refractivity contribution in [2.75, 3.05) is 13.1 Å². The number of aryl methyl sites for hydroxylation is 1. The zero-order chi connectivity index (χ0) is 16.5. The van der Waals surface area contributed by atoms with Crippen molar-refractivity contribution in [1.29, 1.82) is 0 Å². The number of halogens is 1. The van der Waals surface area contributed by atoms with Crippen molar-refractivity contribution in [3.05, 3.63) is 46.8 Å². The Kier molecular flexibility index (Phi) is 5.39. The highest BCUT2D eigenvalue weighted by Gasteiger charge is 2.27. The number of carbonyl (C=O) groups excluding carboxylic acids is 1. The van der Waals surface area contributed by atoms with Gasteiger partial charge < -0.3 is 10.6 Å². The van der Waals surface area contributed by atoms with Gasteiger partial charge in [-0.05, 0) is 56.8 Å². The Morgan fingerprint density at radius 2 is 2.00 bits per heavy atom. The third kappa shape index (κ3) is 3.41. The standard InChI is InChI=1S/C18H23N5O.ClH/c1-12-17(21-22-23(12)14-8-10-19-11-9-14)18(24)20-16-7-6-13-4-2-3-5-15(13)16;/h2-5,14,16,19H,6-11H2,1H3,(H,20,24);1H. The Morgan fingerprint density at radius 1 is 1.24 bits per heavy atom. The second kappa shape index (κ2) is 7.54. The Morgan fingerprint density at radius 3 is 2.80 bits per heavy atom. The Bertz CT molecular complexity index is 754. The lowest BCUT2D eigenvalue weighted by molar-refractivity contribution is 0.0931. The van der Waals surface area contributed by atoms with E-state index in [1.807, 2.05) is 17.7 Å². The molecule has 1 unspecified atom stereocenters. The first kappa shape index (κ1) is 17.9. The molecule has 25 heavy (non-hydrogen) atoms. The summed E-state index contributed by atoms with van der Waals surface area (Å²) in [6.07, 6.45) is 4.02. The molecule has 1 aromatic carbocycles. The predicted molar refractivity (Wildman–Crippen MR) is 98.1 cm³/mol. The number of nitrogens with one attached hydrogen (secondary N) is 2. The van der Waals surface area contributed by atoms with E-state index in [1.165, 1.54) is 11.1 Å². The average molecular weight is 362 g/mol. The minimum absolute atomic E-state index is 0. The number of benzene rings is 1. The number of piperidine rings is 1. The normalized spacial score (nSPS) is 20.0. The van der Waals surface area contributed by atoms with E-state index >= 15 is 0 Å². The molecular weight excluding hydrogens is 338 g/mol. The third-order valence-corrected chi connectivity index (χ3v) is 5.24. The highest BCUT2D eigenvalue weighted by atomic mass is 35.5. The van der Waals surface area contributed by atoms with Crippen molar-refractivity contribution < 1.29 is 4.79 Å². The predicted octanol–water partition coefficient (Wildman–Crippen LogP) is 2.35. The smallest absolute Gasteiger partial charge is 0.274 e. The fraction of sp³-hybridized carbons (Fsp3) is 0.500. The number of hydrogen-bond acceptors (Lipinski definition) is 4. The number of rotatable bonds is 3. The lowest BCUT2D eigenvalue weighted by atomic mass is 10.1. The lowest BCUT2D eigenvalue weighted by Gasteiger charge is -2.23. The first-order chi connectivity index (χ1) is 11.7. The van der Waals surface area contributed by atoms with Crippen LogP contribution in [0.4, 0.5) is 0 Å². The first-order valence-corrected chi connectivity index (χ1v) is 8.75. The maximum Gasteiger partial charge on any atom is 0.274 e. The van der Waals surface area contributed by atoms with Gasteiger partial charge in [0.05, 0.1) is 17.8 Å². The molecule has 1 aliphatic heterocycles. The van der Waals surface area contributed by atoms with E-state index in [1.54, 1.807) is 0 Å². The van der Waals surface area contributed by atoms with Crippen LogP contribution in [-0.2, 0) is 6.42 Å². The largest absolute Gasteiger partial charge is 0.344 e. The Hall–Kier alpha value is -1.92. The van der Waals surface area contributed by atoms with Gasteiger partial charge in [-0.25, -0.2) is 4.68 Å². The zero-order valence-corrected chi connectivity index (χ0v) is 15.2. The minimum Gasteiger partial charge on any atom is -0.344 e. The molecule has 0 spiro atoms. The molecule has 1 amide bonds. The summed E-state index contributed by atoms with van der Waals surface area (Å²) in [4.78, 5) is 12.7. The fourth-order valence-electron chi connectivity index (χ4n) is 3.88. The lowest BCUT2D eigenvalue weighted by Crippen LogP contribution is -2.31. The molecule has 1 aliphatic carbocycles.